The lowest BCUT2D eigenvalue weighted by molar-refractivity contribution is -0.138. The van der Waals surface area contributed by atoms with Gasteiger partial charge < -0.3 is 0 Å². The summed E-state index contributed by atoms with van der Waals surface area (Å²) in [7, 11) is 0. The highest BCUT2D eigenvalue weighted by Gasteiger charge is 2.46. The fourth-order valence-electron chi connectivity index (χ4n) is 1.15. The van der Waals surface area contributed by atoms with Gasteiger partial charge in [-0.1, -0.05) is 11.6 Å². The highest BCUT2D eigenvalue weighted by molar-refractivity contribution is 6.31. The van der Waals surface area contributed by atoms with Crippen molar-refractivity contribution in [2.24, 2.45) is 0 Å². The molecule has 0 spiro atoms. The molecule has 0 saturated carbocycles. The van der Waals surface area contributed by atoms with E-state index in [2.05, 4.69) is 0 Å². The highest BCUT2D eigenvalue weighted by Crippen LogP contribution is 2.37. The molecule has 0 N–H and O–H groups in total. The Morgan fingerprint density at radius 3 is 1.94 bits per heavy atom. The molecule has 0 fully saturated rings. The zero-order chi connectivity index (χ0) is 14.3. The lowest BCUT2D eigenvalue weighted by Crippen LogP contribution is -2.27. The number of carbonyl (C=O) groups excluding carboxylic acids is 1. The van der Waals surface area contributed by atoms with Gasteiger partial charge in [-0.3, -0.25) is 4.79 Å². The summed E-state index contributed by atoms with van der Waals surface area (Å²) < 4.78 is 86.6. The summed E-state index contributed by atoms with van der Waals surface area (Å²) in [5.41, 5.74) is -4.14. The van der Waals surface area contributed by atoms with Gasteiger partial charge in [0.15, 0.2) is 5.82 Å². The van der Waals surface area contributed by atoms with Crippen LogP contribution in [0.2, 0.25) is 5.02 Å². The minimum Gasteiger partial charge on any atom is -0.284 e. The first-order valence-electron chi connectivity index (χ1n) is 4.13. The number of hydrogen-bond acceptors (Lipinski definition) is 1. The molecule has 1 aromatic carbocycles. The number of rotatable bonds is 1. The highest BCUT2D eigenvalue weighted by atomic mass is 35.5. The predicted octanol–water partition coefficient (Wildman–Crippen LogP) is 4.24. The summed E-state index contributed by atoms with van der Waals surface area (Å²) >= 11 is 5.07. The monoisotopic (exact) mass is 294 g/mol. The maximum atomic E-state index is 13.2. The van der Waals surface area contributed by atoms with E-state index in [1.54, 1.807) is 0 Å². The molecule has 100 valence electrons. The van der Waals surface area contributed by atoms with Gasteiger partial charge in [0.05, 0.1) is 16.1 Å². The summed E-state index contributed by atoms with van der Waals surface area (Å²) in [6.07, 6.45) is -10.9. The van der Waals surface area contributed by atoms with Crippen molar-refractivity contribution >= 4 is 17.4 Å². The number of benzene rings is 1. The van der Waals surface area contributed by atoms with E-state index in [0.717, 1.165) is 0 Å². The van der Waals surface area contributed by atoms with E-state index < -0.39 is 40.1 Å². The van der Waals surface area contributed by atoms with Crippen LogP contribution in [0, 0.1) is 5.82 Å². The smallest absolute Gasteiger partial charge is 0.284 e. The van der Waals surface area contributed by atoms with E-state index in [9.17, 15) is 35.5 Å². The van der Waals surface area contributed by atoms with Crippen molar-refractivity contribution in [2.45, 2.75) is 12.4 Å². The minimum atomic E-state index is -5.63. The second-order valence-electron chi connectivity index (χ2n) is 3.11. The molecule has 0 unspecified atom stereocenters. The molecule has 0 amide bonds. The fraction of sp³-hybridized carbons (Fsp3) is 0.222. The van der Waals surface area contributed by atoms with Crippen LogP contribution in [0.3, 0.4) is 0 Å². The van der Waals surface area contributed by atoms with Gasteiger partial charge >= 0.3 is 12.4 Å². The van der Waals surface area contributed by atoms with Crippen LogP contribution in [0.4, 0.5) is 30.7 Å². The predicted molar refractivity (Wildman–Crippen MR) is 46.8 cm³/mol. The van der Waals surface area contributed by atoms with Gasteiger partial charge in [-0.25, -0.2) is 4.39 Å². The van der Waals surface area contributed by atoms with Crippen LogP contribution in [0.15, 0.2) is 12.1 Å². The first kappa shape index (κ1) is 14.7. The summed E-state index contributed by atoms with van der Waals surface area (Å²) in [5.74, 6) is -4.98. The van der Waals surface area contributed by atoms with Crippen molar-refractivity contribution in [1.29, 1.82) is 0 Å². The van der Waals surface area contributed by atoms with Crippen LogP contribution in [-0.2, 0) is 6.18 Å². The molecule has 0 aliphatic rings. The van der Waals surface area contributed by atoms with Crippen LogP contribution in [0.25, 0.3) is 0 Å². The molecule has 0 aliphatic heterocycles. The number of hydrogen-bond donors (Lipinski definition) is 0. The quantitative estimate of drug-likeness (QED) is 0.559. The molecule has 0 aliphatic carbocycles. The molecule has 1 aromatic rings. The van der Waals surface area contributed by atoms with Gasteiger partial charge in [0, 0.05) is 0 Å². The van der Waals surface area contributed by atoms with Crippen LogP contribution in [0.1, 0.15) is 15.9 Å². The van der Waals surface area contributed by atoms with Gasteiger partial charge in [0.2, 0.25) is 0 Å². The number of halogens is 8. The molecule has 1 nitrogen and oxygen atoms in total. The molecule has 0 bridgehead atoms. The normalized spacial score (nSPS) is 12.7. The van der Waals surface area contributed by atoms with Crippen molar-refractivity contribution in [1.82, 2.24) is 0 Å². The second-order valence-corrected chi connectivity index (χ2v) is 3.52. The molecule has 1 rings (SSSR count). The van der Waals surface area contributed by atoms with Crippen molar-refractivity contribution in [2.75, 3.05) is 0 Å². The molecular weight excluding hydrogens is 293 g/mol. The lowest BCUT2D eigenvalue weighted by atomic mass is 10.0. The third-order valence-corrected chi connectivity index (χ3v) is 2.18. The molecule has 0 saturated heterocycles. The summed E-state index contributed by atoms with van der Waals surface area (Å²) in [4.78, 5) is 10.8. The Balaban J connectivity index is 3.59. The minimum absolute atomic E-state index is 0.115. The number of alkyl halides is 6. The van der Waals surface area contributed by atoms with Crippen molar-refractivity contribution in [3.8, 4) is 0 Å². The van der Waals surface area contributed by atoms with E-state index in [4.69, 9.17) is 11.6 Å². The second kappa shape index (κ2) is 4.42. The Bertz CT molecular complexity index is 489. The first-order chi connectivity index (χ1) is 7.96. The Morgan fingerprint density at radius 2 is 1.56 bits per heavy atom. The van der Waals surface area contributed by atoms with Crippen LogP contribution in [0.5, 0.6) is 0 Å². The van der Waals surface area contributed by atoms with E-state index in [0.29, 0.717) is 6.07 Å². The molecule has 0 heterocycles. The van der Waals surface area contributed by atoms with E-state index in [-0.39, 0.29) is 6.07 Å². The molecular formula is C9H2ClF7O. The van der Waals surface area contributed by atoms with E-state index >= 15 is 0 Å². The van der Waals surface area contributed by atoms with Gasteiger partial charge in [-0.05, 0) is 12.1 Å². The maximum Gasteiger partial charge on any atom is 0.454 e. The Morgan fingerprint density at radius 1 is 1.06 bits per heavy atom. The summed E-state index contributed by atoms with van der Waals surface area (Å²) in [5, 5.41) is -1.00. The molecule has 18 heavy (non-hydrogen) atoms. The standard InChI is InChI=1S/C9H2ClF7O/c10-4-2-1-3(8(12,13)14)5(6(4)11)7(18)9(15,16)17/h1-2H. The molecule has 0 aromatic heterocycles. The zero-order valence-electron chi connectivity index (χ0n) is 8.09. The summed E-state index contributed by atoms with van der Waals surface area (Å²) in [6, 6.07) is 0.539. The van der Waals surface area contributed by atoms with Crippen molar-refractivity contribution in [3.05, 3.63) is 34.1 Å². The Hall–Kier alpha value is -1.31. The van der Waals surface area contributed by atoms with Crippen molar-refractivity contribution in [3.63, 3.8) is 0 Å². The van der Waals surface area contributed by atoms with Crippen LogP contribution in [-0.4, -0.2) is 12.0 Å². The third kappa shape index (κ3) is 2.74. The van der Waals surface area contributed by atoms with E-state index in [1.165, 1.54) is 0 Å². The maximum absolute atomic E-state index is 13.2. The topological polar surface area (TPSA) is 17.1 Å². The van der Waals surface area contributed by atoms with Crippen molar-refractivity contribution < 1.29 is 35.5 Å². The van der Waals surface area contributed by atoms with Crippen LogP contribution < -0.4 is 0 Å². The molecule has 0 atom stereocenters. The van der Waals surface area contributed by atoms with Gasteiger partial charge in [-0.15, -0.1) is 0 Å². The summed E-state index contributed by atoms with van der Waals surface area (Å²) in [6.45, 7) is 0. The average Bonchev–Trinajstić information content (AvgIpc) is 2.17. The largest absolute Gasteiger partial charge is 0.454 e. The molecule has 0 radical (unpaired) electrons. The van der Waals surface area contributed by atoms with Crippen LogP contribution >= 0.6 is 11.6 Å². The Labute approximate surface area is 100 Å². The SMILES string of the molecule is O=C(c1c(C(F)(F)F)ccc(Cl)c1F)C(F)(F)F. The third-order valence-electron chi connectivity index (χ3n) is 1.88. The first-order valence-corrected chi connectivity index (χ1v) is 4.50. The molecule has 9 heteroatoms. The van der Waals surface area contributed by atoms with E-state index in [1.807, 2.05) is 0 Å². The number of Topliss-reactive ketones (excluding diaryl/α,β-unsaturated/α-hetero) is 1. The van der Waals surface area contributed by atoms with Gasteiger partial charge in [0.25, 0.3) is 5.78 Å². The fourth-order valence-corrected chi connectivity index (χ4v) is 1.31. The average molecular weight is 295 g/mol. The number of carbonyl (C=O) groups is 1. The lowest BCUT2D eigenvalue weighted by Gasteiger charge is -2.14. The number of ketones is 1. The zero-order valence-corrected chi connectivity index (χ0v) is 8.84. The van der Waals surface area contributed by atoms with Gasteiger partial charge in [-0.2, -0.15) is 26.3 Å². The Kier molecular flexibility index (Phi) is 3.62. The van der Waals surface area contributed by atoms with Gasteiger partial charge in [0.1, 0.15) is 0 Å².